The Morgan fingerprint density at radius 1 is 1.06 bits per heavy atom. The number of amides is 1. The van der Waals surface area contributed by atoms with Gasteiger partial charge in [-0.2, -0.15) is 0 Å². The minimum Gasteiger partial charge on any atom is -0.496 e. The van der Waals surface area contributed by atoms with Crippen LogP contribution in [0.3, 0.4) is 0 Å². The molecular formula is C27H34N4O4. The number of non-ortho nitro benzene ring substituents is 1. The van der Waals surface area contributed by atoms with Gasteiger partial charge in [-0.25, -0.2) is 0 Å². The highest BCUT2D eigenvalue weighted by molar-refractivity contribution is 5.79. The smallest absolute Gasteiger partial charge is 0.269 e. The van der Waals surface area contributed by atoms with Crippen LogP contribution in [0.4, 0.5) is 11.4 Å². The normalized spacial score (nSPS) is 24.8. The largest absolute Gasteiger partial charge is 0.496 e. The van der Waals surface area contributed by atoms with Gasteiger partial charge in [0.25, 0.3) is 5.69 Å². The highest BCUT2D eigenvalue weighted by Gasteiger charge is 2.41. The molecule has 186 valence electrons. The van der Waals surface area contributed by atoms with Crippen molar-refractivity contribution in [1.82, 2.24) is 9.80 Å². The number of fused-ring (bicyclic) bond motifs is 2. The lowest BCUT2D eigenvalue weighted by atomic mass is 9.72. The van der Waals surface area contributed by atoms with Crippen LogP contribution in [0.2, 0.25) is 0 Å². The maximum atomic E-state index is 13.6. The molecule has 8 heteroatoms. The van der Waals surface area contributed by atoms with Gasteiger partial charge in [0.05, 0.1) is 18.0 Å². The molecule has 2 aliphatic heterocycles. The molecule has 2 aromatic carbocycles. The monoisotopic (exact) mass is 478 g/mol. The van der Waals surface area contributed by atoms with E-state index in [-0.39, 0.29) is 22.4 Å². The third-order valence-electron chi connectivity index (χ3n) is 8.13. The van der Waals surface area contributed by atoms with Gasteiger partial charge in [-0.05, 0) is 68.0 Å². The van der Waals surface area contributed by atoms with Crippen molar-refractivity contribution >= 4 is 17.3 Å². The molecule has 2 heterocycles. The van der Waals surface area contributed by atoms with Crippen molar-refractivity contribution in [2.45, 2.75) is 31.7 Å². The van der Waals surface area contributed by atoms with E-state index in [0.29, 0.717) is 18.5 Å². The Kier molecular flexibility index (Phi) is 6.65. The number of rotatable bonds is 4. The van der Waals surface area contributed by atoms with E-state index in [1.807, 2.05) is 11.0 Å². The first kappa shape index (κ1) is 23.6. The summed E-state index contributed by atoms with van der Waals surface area (Å²) in [6.07, 6.45) is 3.80. The number of anilines is 1. The zero-order valence-electron chi connectivity index (χ0n) is 20.6. The van der Waals surface area contributed by atoms with Crippen molar-refractivity contribution in [2.75, 3.05) is 51.8 Å². The molecule has 0 N–H and O–H groups in total. The molecule has 2 fully saturated rings. The number of nitro groups is 1. The summed E-state index contributed by atoms with van der Waals surface area (Å²) < 4.78 is 5.64. The first-order valence-corrected chi connectivity index (χ1v) is 12.6. The van der Waals surface area contributed by atoms with Gasteiger partial charge in [0, 0.05) is 56.6 Å². The Morgan fingerprint density at radius 2 is 1.86 bits per heavy atom. The van der Waals surface area contributed by atoms with E-state index in [1.54, 1.807) is 31.4 Å². The minimum absolute atomic E-state index is 0.0171. The lowest BCUT2D eigenvalue weighted by Gasteiger charge is -2.46. The molecule has 0 aromatic heterocycles. The molecule has 3 atom stereocenters. The van der Waals surface area contributed by atoms with Gasteiger partial charge in [0.15, 0.2) is 0 Å². The van der Waals surface area contributed by atoms with Crippen LogP contribution >= 0.6 is 0 Å². The Bertz CT molecular complexity index is 1090. The highest BCUT2D eigenvalue weighted by atomic mass is 16.6. The first-order chi connectivity index (χ1) is 16.9. The SMILES string of the molecule is COc1cccc2c1C[C@H]1C[C@@H](C(=O)N3CCCN(c4ccc([N+](=O)[O-])cc4)CC3)CN(C)[C@@H]1C2. The van der Waals surface area contributed by atoms with E-state index < -0.39 is 0 Å². The molecule has 0 spiro atoms. The summed E-state index contributed by atoms with van der Waals surface area (Å²) in [5.74, 6) is 1.71. The number of nitrogens with zero attached hydrogens (tertiary/aromatic N) is 4. The van der Waals surface area contributed by atoms with Crippen LogP contribution in [0, 0.1) is 22.0 Å². The van der Waals surface area contributed by atoms with Crippen molar-refractivity contribution in [1.29, 1.82) is 0 Å². The number of hydrogen-bond acceptors (Lipinski definition) is 6. The number of piperidine rings is 1. The molecule has 0 bridgehead atoms. The summed E-state index contributed by atoms with van der Waals surface area (Å²) in [7, 11) is 3.90. The summed E-state index contributed by atoms with van der Waals surface area (Å²) in [5, 5.41) is 11.0. The summed E-state index contributed by atoms with van der Waals surface area (Å²) in [4.78, 5) is 30.9. The minimum atomic E-state index is -0.376. The van der Waals surface area contributed by atoms with E-state index in [1.165, 1.54) is 11.1 Å². The van der Waals surface area contributed by atoms with E-state index in [0.717, 1.165) is 63.3 Å². The lowest BCUT2D eigenvalue weighted by molar-refractivity contribution is -0.384. The maximum Gasteiger partial charge on any atom is 0.269 e. The van der Waals surface area contributed by atoms with Gasteiger partial charge in [-0.1, -0.05) is 12.1 Å². The molecule has 0 radical (unpaired) electrons. The van der Waals surface area contributed by atoms with E-state index in [4.69, 9.17) is 4.74 Å². The predicted molar refractivity (Wildman–Crippen MR) is 135 cm³/mol. The molecular weight excluding hydrogens is 444 g/mol. The number of hydrogen-bond donors (Lipinski definition) is 0. The van der Waals surface area contributed by atoms with Crippen LogP contribution in [0.5, 0.6) is 5.75 Å². The van der Waals surface area contributed by atoms with Gasteiger partial charge in [0.2, 0.25) is 5.91 Å². The average Bonchev–Trinajstić information content (AvgIpc) is 3.13. The molecule has 2 aromatic rings. The fourth-order valence-electron chi connectivity index (χ4n) is 6.31. The number of likely N-dealkylation sites (tertiary alicyclic amines) is 1. The molecule has 3 aliphatic rings. The van der Waals surface area contributed by atoms with Crippen LogP contribution in [0.15, 0.2) is 42.5 Å². The number of benzene rings is 2. The van der Waals surface area contributed by atoms with E-state index >= 15 is 0 Å². The summed E-state index contributed by atoms with van der Waals surface area (Å²) in [5.41, 5.74) is 3.76. The first-order valence-electron chi connectivity index (χ1n) is 12.6. The Labute approximate surface area is 206 Å². The molecule has 0 unspecified atom stereocenters. The standard InChI is InChI=1S/C27H34N4O4/c1-28-18-21(15-20-16-24-19(17-25(20)28)5-3-6-26(24)35-2)27(32)30-12-4-11-29(13-14-30)22-7-9-23(10-8-22)31(33)34/h3,5-10,20-21,25H,4,11-18H2,1-2H3/t20-,21-,25-/m1/s1. The number of methoxy groups -OCH3 is 1. The van der Waals surface area contributed by atoms with Crippen LogP contribution in [0.25, 0.3) is 0 Å². The molecule has 5 rings (SSSR count). The van der Waals surface area contributed by atoms with Crippen molar-refractivity contribution in [3.63, 3.8) is 0 Å². The van der Waals surface area contributed by atoms with Gasteiger partial charge in [0.1, 0.15) is 5.75 Å². The molecule has 8 nitrogen and oxygen atoms in total. The molecule has 1 amide bonds. The zero-order chi connectivity index (χ0) is 24.5. The Morgan fingerprint density at radius 3 is 2.60 bits per heavy atom. The maximum absolute atomic E-state index is 13.6. The van der Waals surface area contributed by atoms with E-state index in [9.17, 15) is 14.9 Å². The van der Waals surface area contributed by atoms with Crippen LogP contribution in [-0.2, 0) is 17.6 Å². The Balaban J connectivity index is 1.24. The third kappa shape index (κ3) is 4.72. The number of carbonyl (C=O) groups is 1. The van der Waals surface area contributed by atoms with Gasteiger partial charge < -0.3 is 19.4 Å². The fourth-order valence-corrected chi connectivity index (χ4v) is 6.31. The van der Waals surface area contributed by atoms with Crippen molar-refractivity contribution in [2.24, 2.45) is 11.8 Å². The third-order valence-corrected chi connectivity index (χ3v) is 8.13. The predicted octanol–water partition coefficient (Wildman–Crippen LogP) is 3.38. The molecule has 35 heavy (non-hydrogen) atoms. The van der Waals surface area contributed by atoms with Crippen molar-refractivity contribution in [3.8, 4) is 5.75 Å². The van der Waals surface area contributed by atoms with Crippen molar-refractivity contribution in [3.05, 3.63) is 63.7 Å². The zero-order valence-corrected chi connectivity index (χ0v) is 20.6. The van der Waals surface area contributed by atoms with Gasteiger partial charge >= 0.3 is 0 Å². The van der Waals surface area contributed by atoms with E-state index in [2.05, 4.69) is 29.0 Å². The molecule has 0 saturated carbocycles. The van der Waals surface area contributed by atoms with Crippen LogP contribution in [-0.4, -0.2) is 73.6 Å². The number of ether oxygens (including phenoxy) is 1. The topological polar surface area (TPSA) is 79.2 Å². The number of carbonyl (C=O) groups excluding carboxylic acids is 1. The Hall–Kier alpha value is -3.13. The number of likely N-dealkylation sites (N-methyl/N-ethyl adjacent to an activating group) is 1. The second-order valence-electron chi connectivity index (χ2n) is 10.1. The quantitative estimate of drug-likeness (QED) is 0.495. The molecule has 2 saturated heterocycles. The summed E-state index contributed by atoms with van der Waals surface area (Å²) >= 11 is 0. The van der Waals surface area contributed by atoms with Gasteiger partial charge in [-0.3, -0.25) is 14.9 Å². The lowest BCUT2D eigenvalue weighted by Crippen LogP contribution is -2.54. The number of nitro benzene ring substituents is 1. The fraction of sp³-hybridized carbons (Fsp3) is 0.519. The van der Waals surface area contributed by atoms with Crippen molar-refractivity contribution < 1.29 is 14.5 Å². The average molecular weight is 479 g/mol. The summed E-state index contributed by atoms with van der Waals surface area (Å²) in [6, 6.07) is 13.5. The van der Waals surface area contributed by atoms with Crippen LogP contribution in [0.1, 0.15) is 24.0 Å². The molecule has 1 aliphatic carbocycles. The highest BCUT2D eigenvalue weighted by Crippen LogP contribution is 2.40. The second kappa shape index (κ2) is 9.85. The van der Waals surface area contributed by atoms with Crippen LogP contribution < -0.4 is 9.64 Å². The second-order valence-corrected chi connectivity index (χ2v) is 10.1. The van der Waals surface area contributed by atoms with Gasteiger partial charge in [-0.15, -0.1) is 0 Å². The summed E-state index contributed by atoms with van der Waals surface area (Å²) in [6.45, 7) is 3.83.